The topological polar surface area (TPSA) is 78.4 Å². The highest BCUT2D eigenvalue weighted by atomic mass is 19.4. The van der Waals surface area contributed by atoms with Crippen molar-refractivity contribution >= 4 is 17.5 Å². The Labute approximate surface area is 135 Å². The number of hydrogen-bond acceptors (Lipinski definition) is 3. The molecule has 3 N–H and O–H groups in total. The van der Waals surface area contributed by atoms with Gasteiger partial charge in [-0.15, -0.1) is 0 Å². The molecule has 2 amide bonds. The van der Waals surface area contributed by atoms with Crippen molar-refractivity contribution in [1.29, 1.82) is 0 Å². The van der Waals surface area contributed by atoms with Gasteiger partial charge in [-0.2, -0.15) is 13.2 Å². The van der Waals surface area contributed by atoms with Crippen molar-refractivity contribution in [2.75, 3.05) is 5.32 Å². The maximum Gasteiger partial charge on any atom is 0.471 e. The Bertz CT molecular complexity index is 743. The summed E-state index contributed by atoms with van der Waals surface area (Å²) in [4.78, 5) is 22.7. The molecule has 5 nitrogen and oxygen atoms in total. The highest BCUT2D eigenvalue weighted by Gasteiger charge is 2.38. The number of anilines is 1. The van der Waals surface area contributed by atoms with Crippen LogP contribution in [0.3, 0.4) is 0 Å². The molecule has 0 fully saturated rings. The molecule has 0 spiro atoms. The van der Waals surface area contributed by atoms with Crippen molar-refractivity contribution in [2.45, 2.75) is 12.7 Å². The predicted octanol–water partition coefficient (Wildman–Crippen LogP) is 2.82. The summed E-state index contributed by atoms with van der Waals surface area (Å²) in [6.07, 6.45) is -4.95. The van der Waals surface area contributed by atoms with Gasteiger partial charge < -0.3 is 15.7 Å². The fourth-order valence-corrected chi connectivity index (χ4v) is 1.84. The number of alkyl halides is 3. The zero-order valence-corrected chi connectivity index (χ0v) is 12.2. The average molecular weight is 338 g/mol. The molecule has 24 heavy (non-hydrogen) atoms. The number of phenols is 1. The van der Waals surface area contributed by atoms with Gasteiger partial charge in [-0.05, 0) is 35.9 Å². The Morgan fingerprint density at radius 3 is 2.29 bits per heavy atom. The maximum absolute atomic E-state index is 12.1. The molecule has 0 bridgehead atoms. The molecule has 2 aromatic rings. The second-order valence-corrected chi connectivity index (χ2v) is 4.88. The van der Waals surface area contributed by atoms with Gasteiger partial charge in [0.05, 0.1) is 0 Å². The summed E-state index contributed by atoms with van der Waals surface area (Å²) < 4.78 is 36.4. The van der Waals surface area contributed by atoms with Crippen LogP contribution in [0.5, 0.6) is 5.75 Å². The standard InChI is InChI=1S/C16H13F3N2O3/c17-16(18,19)15(24)21-12-6-4-10(5-7-12)9-20-14(23)11-2-1-3-13(22)8-11/h1-8,22H,9H2,(H,20,23)(H,21,24). The summed E-state index contributed by atoms with van der Waals surface area (Å²) in [7, 11) is 0. The Morgan fingerprint density at radius 1 is 1.04 bits per heavy atom. The first-order chi connectivity index (χ1) is 11.3. The molecule has 0 aliphatic heterocycles. The summed E-state index contributed by atoms with van der Waals surface area (Å²) in [5.74, 6) is -2.49. The molecule has 0 radical (unpaired) electrons. The monoisotopic (exact) mass is 338 g/mol. The van der Waals surface area contributed by atoms with Crippen molar-refractivity contribution < 1.29 is 27.9 Å². The van der Waals surface area contributed by atoms with E-state index in [2.05, 4.69) is 5.32 Å². The van der Waals surface area contributed by atoms with Gasteiger partial charge >= 0.3 is 12.1 Å². The van der Waals surface area contributed by atoms with Crippen molar-refractivity contribution in [1.82, 2.24) is 5.32 Å². The molecule has 0 saturated heterocycles. The summed E-state index contributed by atoms with van der Waals surface area (Å²) in [5.41, 5.74) is 0.915. The number of phenolic OH excluding ortho intramolecular Hbond substituents is 1. The van der Waals surface area contributed by atoms with Gasteiger partial charge in [0.1, 0.15) is 5.75 Å². The molecule has 0 unspecified atom stereocenters. The van der Waals surface area contributed by atoms with Crippen molar-refractivity contribution in [3.63, 3.8) is 0 Å². The maximum atomic E-state index is 12.1. The third-order valence-corrected chi connectivity index (χ3v) is 3.03. The van der Waals surface area contributed by atoms with E-state index in [4.69, 9.17) is 0 Å². The van der Waals surface area contributed by atoms with Crippen LogP contribution in [0, 0.1) is 0 Å². The molecule has 126 valence electrons. The smallest absolute Gasteiger partial charge is 0.471 e. The fraction of sp³-hybridized carbons (Fsp3) is 0.125. The van der Waals surface area contributed by atoms with E-state index in [1.165, 1.54) is 48.5 Å². The molecular formula is C16H13F3N2O3. The molecular weight excluding hydrogens is 325 g/mol. The van der Waals surface area contributed by atoms with Crippen molar-refractivity contribution in [2.24, 2.45) is 0 Å². The van der Waals surface area contributed by atoms with E-state index in [-0.39, 0.29) is 23.5 Å². The molecule has 0 heterocycles. The third-order valence-electron chi connectivity index (χ3n) is 3.03. The van der Waals surface area contributed by atoms with E-state index >= 15 is 0 Å². The number of nitrogens with one attached hydrogen (secondary N) is 2. The van der Waals surface area contributed by atoms with Gasteiger partial charge in [-0.1, -0.05) is 18.2 Å². The van der Waals surface area contributed by atoms with Crippen molar-refractivity contribution in [3.05, 3.63) is 59.7 Å². The van der Waals surface area contributed by atoms with Crippen LogP contribution in [0.25, 0.3) is 0 Å². The number of hydrogen-bond donors (Lipinski definition) is 3. The van der Waals surface area contributed by atoms with Crippen molar-refractivity contribution in [3.8, 4) is 5.75 Å². The second kappa shape index (κ2) is 7.03. The van der Waals surface area contributed by atoms with E-state index in [0.717, 1.165) is 0 Å². The van der Waals surface area contributed by atoms with Crippen LogP contribution >= 0.6 is 0 Å². The molecule has 0 saturated carbocycles. The number of carbonyl (C=O) groups is 2. The lowest BCUT2D eigenvalue weighted by Gasteiger charge is -2.09. The first-order valence-corrected chi connectivity index (χ1v) is 6.80. The zero-order chi connectivity index (χ0) is 17.7. The van der Waals surface area contributed by atoms with Gasteiger partial charge in [-0.3, -0.25) is 9.59 Å². The lowest BCUT2D eigenvalue weighted by Crippen LogP contribution is -2.29. The fourth-order valence-electron chi connectivity index (χ4n) is 1.84. The summed E-state index contributed by atoms with van der Waals surface area (Å²) >= 11 is 0. The number of halogens is 3. The summed E-state index contributed by atoms with van der Waals surface area (Å²) in [5, 5.41) is 13.6. The average Bonchev–Trinajstić information content (AvgIpc) is 2.53. The minimum Gasteiger partial charge on any atom is -0.508 e. The normalized spacial score (nSPS) is 11.0. The number of benzene rings is 2. The van der Waals surface area contributed by atoms with Crippen LogP contribution in [0.2, 0.25) is 0 Å². The third kappa shape index (κ3) is 4.73. The van der Waals surface area contributed by atoms with Gasteiger partial charge in [0.2, 0.25) is 0 Å². The highest BCUT2D eigenvalue weighted by Crippen LogP contribution is 2.18. The molecule has 2 rings (SSSR count). The summed E-state index contributed by atoms with van der Waals surface area (Å²) in [6.45, 7) is 0.141. The Morgan fingerprint density at radius 2 is 1.71 bits per heavy atom. The second-order valence-electron chi connectivity index (χ2n) is 4.88. The van der Waals surface area contributed by atoms with Crippen LogP contribution < -0.4 is 10.6 Å². The number of carbonyl (C=O) groups excluding carboxylic acids is 2. The van der Waals surface area contributed by atoms with Crippen LogP contribution in [0.15, 0.2) is 48.5 Å². The SMILES string of the molecule is O=C(NCc1ccc(NC(=O)C(F)(F)F)cc1)c1cccc(O)c1. The Kier molecular flexibility index (Phi) is 5.08. The zero-order valence-electron chi connectivity index (χ0n) is 12.2. The predicted molar refractivity (Wildman–Crippen MR) is 80.4 cm³/mol. The van der Waals surface area contributed by atoms with E-state index in [1.54, 1.807) is 5.32 Å². The lowest BCUT2D eigenvalue weighted by molar-refractivity contribution is -0.167. The molecule has 0 aliphatic rings. The van der Waals surface area contributed by atoms with E-state index in [9.17, 15) is 27.9 Å². The van der Waals surface area contributed by atoms with Crippen LogP contribution in [0.4, 0.5) is 18.9 Å². The molecule has 2 aromatic carbocycles. The van der Waals surface area contributed by atoms with Gasteiger partial charge in [-0.25, -0.2) is 0 Å². The highest BCUT2D eigenvalue weighted by molar-refractivity contribution is 5.95. The first kappa shape index (κ1) is 17.3. The van der Waals surface area contributed by atoms with Gasteiger partial charge in [0.25, 0.3) is 5.91 Å². The minimum atomic E-state index is -4.95. The number of rotatable bonds is 4. The molecule has 8 heteroatoms. The van der Waals surface area contributed by atoms with Gasteiger partial charge in [0, 0.05) is 17.8 Å². The van der Waals surface area contributed by atoms with Crippen LogP contribution in [0.1, 0.15) is 15.9 Å². The quantitative estimate of drug-likeness (QED) is 0.802. The van der Waals surface area contributed by atoms with Crippen LogP contribution in [-0.2, 0) is 11.3 Å². The first-order valence-electron chi connectivity index (χ1n) is 6.80. The number of amides is 2. The molecule has 0 atom stereocenters. The largest absolute Gasteiger partial charge is 0.508 e. The number of aromatic hydroxyl groups is 1. The Hall–Kier alpha value is -3.03. The minimum absolute atomic E-state index is 0.000355. The molecule has 0 aromatic heterocycles. The van der Waals surface area contributed by atoms with E-state index in [1.807, 2.05) is 0 Å². The van der Waals surface area contributed by atoms with Gasteiger partial charge in [0.15, 0.2) is 0 Å². The van der Waals surface area contributed by atoms with E-state index in [0.29, 0.717) is 5.56 Å². The molecule has 0 aliphatic carbocycles. The van der Waals surface area contributed by atoms with E-state index < -0.39 is 18.0 Å². The van der Waals surface area contributed by atoms with Crippen LogP contribution in [-0.4, -0.2) is 23.1 Å². The lowest BCUT2D eigenvalue weighted by atomic mass is 10.1. The summed E-state index contributed by atoms with van der Waals surface area (Å²) in [6, 6.07) is 11.4. The Balaban J connectivity index is 1.92.